The highest BCUT2D eigenvalue weighted by Gasteiger charge is 2.08. The number of nitrogens with zero attached hydrogens (tertiary/aromatic N) is 1. The van der Waals surface area contributed by atoms with Gasteiger partial charge in [0.15, 0.2) is 0 Å². The molecule has 2 aromatic rings. The van der Waals surface area contributed by atoms with Crippen molar-refractivity contribution in [3.8, 4) is 5.75 Å². The van der Waals surface area contributed by atoms with Crippen LogP contribution in [0, 0.1) is 6.92 Å². The van der Waals surface area contributed by atoms with E-state index in [9.17, 15) is 0 Å². The fraction of sp³-hybridized carbons (Fsp3) is 0.312. The van der Waals surface area contributed by atoms with Gasteiger partial charge in [0.05, 0.1) is 5.69 Å². The lowest BCUT2D eigenvalue weighted by atomic mass is 10.2. The minimum Gasteiger partial charge on any atom is -0.487 e. The van der Waals surface area contributed by atoms with Crippen molar-refractivity contribution < 1.29 is 4.74 Å². The van der Waals surface area contributed by atoms with E-state index in [0.29, 0.717) is 23.2 Å². The number of ether oxygens (including phenoxy) is 1. The van der Waals surface area contributed by atoms with Crippen molar-refractivity contribution in [2.24, 2.45) is 0 Å². The van der Waals surface area contributed by atoms with E-state index in [1.54, 1.807) is 12.1 Å². The summed E-state index contributed by atoms with van der Waals surface area (Å²) in [4.78, 5) is 4.52. The highest BCUT2D eigenvalue weighted by Crippen LogP contribution is 2.24. The fourth-order valence-electron chi connectivity index (χ4n) is 1.91. The molecule has 0 saturated heterocycles. The van der Waals surface area contributed by atoms with Gasteiger partial charge in [0, 0.05) is 27.8 Å². The predicted molar refractivity (Wildman–Crippen MR) is 87.1 cm³/mol. The molecule has 0 saturated carbocycles. The molecule has 1 aromatic heterocycles. The first kappa shape index (κ1) is 16.1. The van der Waals surface area contributed by atoms with Crippen LogP contribution in [0.15, 0.2) is 30.3 Å². The Morgan fingerprint density at radius 1 is 1.19 bits per heavy atom. The van der Waals surface area contributed by atoms with Crippen molar-refractivity contribution in [1.82, 2.24) is 10.3 Å². The van der Waals surface area contributed by atoms with Gasteiger partial charge < -0.3 is 10.1 Å². The first-order valence-electron chi connectivity index (χ1n) is 6.84. The largest absolute Gasteiger partial charge is 0.487 e. The van der Waals surface area contributed by atoms with E-state index < -0.39 is 0 Å². The van der Waals surface area contributed by atoms with E-state index in [1.807, 2.05) is 25.1 Å². The predicted octanol–water partition coefficient (Wildman–Crippen LogP) is 4.39. The monoisotopic (exact) mass is 324 g/mol. The van der Waals surface area contributed by atoms with Gasteiger partial charge >= 0.3 is 0 Å². The van der Waals surface area contributed by atoms with Gasteiger partial charge in [0.1, 0.15) is 12.4 Å². The lowest BCUT2D eigenvalue weighted by molar-refractivity contribution is 0.300. The van der Waals surface area contributed by atoms with Crippen LogP contribution in [0.1, 0.15) is 23.9 Å². The van der Waals surface area contributed by atoms with E-state index in [4.69, 9.17) is 27.9 Å². The SMILES string of the molecule is CCNCc1nc(C)ccc1OCc1cc(Cl)ccc1Cl. The standard InChI is InChI=1S/C16H18Cl2N2O/c1-3-19-9-15-16(7-4-11(2)20-15)21-10-12-8-13(17)5-6-14(12)18/h4-8,19H,3,9-10H2,1-2H3. The summed E-state index contributed by atoms with van der Waals surface area (Å²) in [6, 6.07) is 9.22. The number of benzene rings is 1. The van der Waals surface area contributed by atoms with Crippen LogP contribution in [0.3, 0.4) is 0 Å². The van der Waals surface area contributed by atoms with Crippen LogP contribution in [0.4, 0.5) is 0 Å². The number of aromatic nitrogens is 1. The molecule has 3 nitrogen and oxygen atoms in total. The maximum Gasteiger partial charge on any atom is 0.142 e. The lowest BCUT2D eigenvalue weighted by Gasteiger charge is -2.13. The number of nitrogens with one attached hydrogen (secondary N) is 1. The van der Waals surface area contributed by atoms with Gasteiger partial charge in [-0.1, -0.05) is 30.1 Å². The molecule has 0 unspecified atom stereocenters. The minimum atomic E-state index is 0.364. The molecule has 0 spiro atoms. The number of hydrogen-bond acceptors (Lipinski definition) is 3. The summed E-state index contributed by atoms with van der Waals surface area (Å²) in [6.07, 6.45) is 0. The molecule has 0 atom stereocenters. The van der Waals surface area contributed by atoms with Crippen LogP contribution in [0.5, 0.6) is 5.75 Å². The maximum atomic E-state index is 6.14. The molecule has 1 aromatic carbocycles. The van der Waals surface area contributed by atoms with Gasteiger partial charge in [0.25, 0.3) is 0 Å². The molecular formula is C16H18Cl2N2O. The molecule has 0 aliphatic carbocycles. The molecule has 1 N–H and O–H groups in total. The summed E-state index contributed by atoms with van der Waals surface area (Å²) < 4.78 is 5.87. The summed E-state index contributed by atoms with van der Waals surface area (Å²) in [7, 11) is 0. The first-order valence-corrected chi connectivity index (χ1v) is 7.59. The number of aryl methyl sites for hydroxylation is 1. The molecule has 21 heavy (non-hydrogen) atoms. The summed E-state index contributed by atoms with van der Waals surface area (Å²) in [6.45, 7) is 5.95. The third-order valence-electron chi connectivity index (χ3n) is 3.01. The Morgan fingerprint density at radius 3 is 2.76 bits per heavy atom. The van der Waals surface area contributed by atoms with Gasteiger partial charge in [-0.25, -0.2) is 0 Å². The molecule has 2 rings (SSSR count). The Bertz CT molecular complexity index is 617. The van der Waals surface area contributed by atoms with E-state index in [-0.39, 0.29) is 0 Å². The van der Waals surface area contributed by atoms with Gasteiger partial charge in [0.2, 0.25) is 0 Å². The summed E-state index contributed by atoms with van der Waals surface area (Å²) >= 11 is 12.1. The second-order valence-electron chi connectivity index (χ2n) is 4.70. The second-order valence-corrected chi connectivity index (χ2v) is 5.55. The molecule has 1 heterocycles. The topological polar surface area (TPSA) is 34.2 Å². The van der Waals surface area contributed by atoms with E-state index in [1.165, 1.54) is 0 Å². The molecule has 112 valence electrons. The number of halogens is 2. The number of rotatable bonds is 6. The van der Waals surface area contributed by atoms with Crippen molar-refractivity contribution in [3.05, 3.63) is 57.3 Å². The molecule has 0 fully saturated rings. The summed E-state index contributed by atoms with van der Waals surface area (Å²) in [5.74, 6) is 0.762. The molecule has 0 aliphatic rings. The molecule has 0 bridgehead atoms. The Labute approximate surface area is 135 Å². The molecular weight excluding hydrogens is 307 g/mol. The fourth-order valence-corrected chi connectivity index (χ4v) is 2.28. The molecule has 0 radical (unpaired) electrons. The van der Waals surface area contributed by atoms with Crippen molar-refractivity contribution in [2.75, 3.05) is 6.54 Å². The Kier molecular flexibility index (Phi) is 5.85. The highest BCUT2D eigenvalue weighted by molar-refractivity contribution is 6.33. The van der Waals surface area contributed by atoms with Crippen LogP contribution in [0.2, 0.25) is 10.0 Å². The van der Waals surface area contributed by atoms with Crippen LogP contribution < -0.4 is 10.1 Å². The first-order chi connectivity index (χ1) is 10.1. The Hall–Kier alpha value is -1.29. The third kappa shape index (κ3) is 4.60. The maximum absolute atomic E-state index is 6.14. The lowest BCUT2D eigenvalue weighted by Crippen LogP contribution is -2.14. The molecule has 0 amide bonds. The zero-order valence-corrected chi connectivity index (χ0v) is 13.6. The van der Waals surface area contributed by atoms with Crippen LogP contribution in [-0.4, -0.2) is 11.5 Å². The quantitative estimate of drug-likeness (QED) is 0.855. The normalized spacial score (nSPS) is 10.7. The average molecular weight is 325 g/mol. The second kappa shape index (κ2) is 7.64. The smallest absolute Gasteiger partial charge is 0.142 e. The van der Waals surface area contributed by atoms with Gasteiger partial charge in [-0.05, 0) is 43.8 Å². The Morgan fingerprint density at radius 2 is 2.00 bits per heavy atom. The van der Waals surface area contributed by atoms with Crippen molar-refractivity contribution >= 4 is 23.2 Å². The number of pyridine rings is 1. The highest BCUT2D eigenvalue weighted by atomic mass is 35.5. The summed E-state index contributed by atoms with van der Waals surface area (Å²) in [5.41, 5.74) is 2.73. The molecule has 5 heteroatoms. The Balaban J connectivity index is 2.13. The number of hydrogen-bond donors (Lipinski definition) is 1. The van der Waals surface area contributed by atoms with Crippen molar-refractivity contribution in [2.45, 2.75) is 27.0 Å². The minimum absolute atomic E-state index is 0.364. The van der Waals surface area contributed by atoms with Crippen molar-refractivity contribution in [1.29, 1.82) is 0 Å². The van der Waals surface area contributed by atoms with E-state index in [0.717, 1.165) is 29.2 Å². The van der Waals surface area contributed by atoms with Gasteiger partial charge in [-0.2, -0.15) is 0 Å². The van der Waals surface area contributed by atoms with Crippen molar-refractivity contribution in [3.63, 3.8) is 0 Å². The van der Waals surface area contributed by atoms with Gasteiger partial charge in [-0.3, -0.25) is 4.98 Å². The third-order valence-corrected chi connectivity index (χ3v) is 3.61. The molecule has 0 aliphatic heterocycles. The van der Waals surface area contributed by atoms with Crippen LogP contribution in [-0.2, 0) is 13.2 Å². The summed E-state index contributed by atoms with van der Waals surface area (Å²) in [5, 5.41) is 4.55. The van der Waals surface area contributed by atoms with E-state index >= 15 is 0 Å². The zero-order valence-electron chi connectivity index (χ0n) is 12.1. The van der Waals surface area contributed by atoms with Gasteiger partial charge in [-0.15, -0.1) is 0 Å². The van der Waals surface area contributed by atoms with E-state index in [2.05, 4.69) is 17.2 Å². The van der Waals surface area contributed by atoms with Crippen LogP contribution >= 0.6 is 23.2 Å². The van der Waals surface area contributed by atoms with Crippen LogP contribution in [0.25, 0.3) is 0 Å². The zero-order chi connectivity index (χ0) is 15.2. The average Bonchev–Trinajstić information content (AvgIpc) is 2.47.